The zero-order valence-corrected chi connectivity index (χ0v) is 15.8. The van der Waals surface area contributed by atoms with E-state index < -0.39 is 0 Å². The second kappa shape index (κ2) is 8.98. The van der Waals surface area contributed by atoms with Crippen molar-refractivity contribution in [2.75, 3.05) is 19.5 Å². The molecule has 26 heavy (non-hydrogen) atoms. The zero-order chi connectivity index (χ0) is 18.4. The molecule has 0 aliphatic carbocycles. The van der Waals surface area contributed by atoms with Crippen LogP contribution in [-0.4, -0.2) is 40.0 Å². The Morgan fingerprint density at radius 3 is 2.54 bits per heavy atom. The Bertz CT molecular complexity index is 866. The Labute approximate surface area is 161 Å². The molecule has 0 aliphatic heterocycles. The Morgan fingerprint density at radius 1 is 1.12 bits per heavy atom. The molecule has 3 rings (SSSR count). The van der Waals surface area contributed by atoms with E-state index in [-0.39, 0.29) is 5.78 Å². The molecule has 0 bridgehead atoms. The summed E-state index contributed by atoms with van der Waals surface area (Å²) >= 11 is 7.34. The highest BCUT2D eigenvalue weighted by molar-refractivity contribution is 7.99. The summed E-state index contributed by atoms with van der Waals surface area (Å²) in [6.07, 6.45) is 0. The van der Waals surface area contributed by atoms with Crippen molar-refractivity contribution >= 4 is 29.1 Å². The number of hydrogen-bond donors (Lipinski definition) is 0. The predicted molar refractivity (Wildman–Crippen MR) is 104 cm³/mol. The van der Waals surface area contributed by atoms with E-state index in [0.29, 0.717) is 34.6 Å². The van der Waals surface area contributed by atoms with E-state index in [0.717, 1.165) is 11.4 Å². The quantitative estimate of drug-likeness (QED) is 0.428. The fourth-order valence-corrected chi connectivity index (χ4v) is 3.41. The Hall–Kier alpha value is -2.15. The fourth-order valence-electron chi connectivity index (χ4n) is 2.43. The molecule has 0 radical (unpaired) electrons. The molecule has 0 atom stereocenters. The molecule has 3 aromatic rings. The van der Waals surface area contributed by atoms with Crippen LogP contribution in [0.25, 0.3) is 11.4 Å². The van der Waals surface area contributed by atoms with Crippen LogP contribution < -0.4 is 0 Å². The first-order chi connectivity index (χ1) is 12.7. The molecular weight excluding hydrogens is 370 g/mol. The summed E-state index contributed by atoms with van der Waals surface area (Å²) in [6, 6.07) is 16.7. The van der Waals surface area contributed by atoms with Gasteiger partial charge in [0.1, 0.15) is 0 Å². The van der Waals surface area contributed by atoms with Gasteiger partial charge in [-0.15, -0.1) is 10.2 Å². The van der Waals surface area contributed by atoms with Crippen LogP contribution in [0.5, 0.6) is 0 Å². The normalized spacial score (nSPS) is 10.8. The number of benzene rings is 2. The lowest BCUT2D eigenvalue weighted by Crippen LogP contribution is -2.09. The molecule has 0 aliphatic rings. The summed E-state index contributed by atoms with van der Waals surface area (Å²) in [4.78, 5) is 12.3. The molecule has 134 valence electrons. The summed E-state index contributed by atoms with van der Waals surface area (Å²) in [5.74, 6) is 1.09. The highest BCUT2D eigenvalue weighted by atomic mass is 35.5. The van der Waals surface area contributed by atoms with Gasteiger partial charge in [-0.3, -0.25) is 9.36 Å². The topological polar surface area (TPSA) is 57.0 Å². The highest BCUT2D eigenvalue weighted by Crippen LogP contribution is 2.25. The fraction of sp³-hybridized carbons (Fsp3) is 0.211. The van der Waals surface area contributed by atoms with Gasteiger partial charge < -0.3 is 4.74 Å². The minimum Gasteiger partial charge on any atom is -0.383 e. The Balaban J connectivity index is 1.80. The zero-order valence-electron chi connectivity index (χ0n) is 14.3. The number of rotatable bonds is 8. The summed E-state index contributed by atoms with van der Waals surface area (Å²) in [5.41, 5.74) is 1.61. The second-order valence-electron chi connectivity index (χ2n) is 5.54. The van der Waals surface area contributed by atoms with Crippen molar-refractivity contribution < 1.29 is 9.53 Å². The molecular formula is C19H18ClN3O2S. The molecule has 5 nitrogen and oxygen atoms in total. The van der Waals surface area contributed by atoms with E-state index in [1.54, 1.807) is 7.11 Å². The van der Waals surface area contributed by atoms with Crippen LogP contribution in [0.1, 0.15) is 10.4 Å². The third kappa shape index (κ3) is 4.52. The number of carbonyl (C=O) groups is 1. The smallest absolute Gasteiger partial charge is 0.192 e. The third-order valence-electron chi connectivity index (χ3n) is 3.77. The van der Waals surface area contributed by atoms with Crippen LogP contribution in [0.3, 0.4) is 0 Å². The lowest BCUT2D eigenvalue weighted by molar-refractivity contribution is 0.102. The number of thioether (sulfide) groups is 1. The van der Waals surface area contributed by atoms with Gasteiger partial charge in [0.15, 0.2) is 16.8 Å². The Morgan fingerprint density at radius 2 is 1.85 bits per heavy atom. The van der Waals surface area contributed by atoms with Gasteiger partial charge in [-0.25, -0.2) is 0 Å². The minimum absolute atomic E-state index is 0.0601. The van der Waals surface area contributed by atoms with Crippen molar-refractivity contribution in [1.82, 2.24) is 14.8 Å². The van der Waals surface area contributed by atoms with Crippen LogP contribution in [0, 0.1) is 0 Å². The third-order valence-corrected chi connectivity index (χ3v) is 4.99. The van der Waals surface area contributed by atoms with E-state index in [9.17, 15) is 4.79 Å². The first-order valence-electron chi connectivity index (χ1n) is 8.08. The van der Waals surface area contributed by atoms with Gasteiger partial charge in [0, 0.05) is 23.3 Å². The van der Waals surface area contributed by atoms with Crippen molar-refractivity contribution in [2.24, 2.45) is 0 Å². The van der Waals surface area contributed by atoms with E-state index in [1.807, 2.05) is 59.2 Å². The molecule has 2 aromatic carbocycles. The highest BCUT2D eigenvalue weighted by Gasteiger charge is 2.16. The molecule has 1 aromatic heterocycles. The molecule has 0 amide bonds. The largest absolute Gasteiger partial charge is 0.383 e. The Kier molecular flexibility index (Phi) is 6.44. The van der Waals surface area contributed by atoms with E-state index in [1.165, 1.54) is 11.8 Å². The lowest BCUT2D eigenvalue weighted by Gasteiger charge is -2.09. The van der Waals surface area contributed by atoms with Gasteiger partial charge in [0.25, 0.3) is 0 Å². The van der Waals surface area contributed by atoms with Crippen LogP contribution in [0.15, 0.2) is 59.8 Å². The van der Waals surface area contributed by atoms with E-state index >= 15 is 0 Å². The van der Waals surface area contributed by atoms with E-state index in [4.69, 9.17) is 16.3 Å². The maximum Gasteiger partial charge on any atom is 0.192 e. The van der Waals surface area contributed by atoms with Gasteiger partial charge in [-0.1, -0.05) is 53.7 Å². The standard InChI is InChI=1S/C19H18ClN3O2S/c1-25-12-11-23-18(15-7-9-16(20)10-8-15)21-22-19(23)26-13-17(24)14-5-3-2-4-6-14/h2-10H,11-13H2,1H3. The van der Waals surface area contributed by atoms with Gasteiger partial charge in [0.05, 0.1) is 18.9 Å². The predicted octanol–water partition coefficient (Wildman–Crippen LogP) is 4.22. The maximum absolute atomic E-state index is 12.3. The molecule has 0 N–H and O–H groups in total. The minimum atomic E-state index is 0.0601. The van der Waals surface area contributed by atoms with E-state index in [2.05, 4.69) is 10.2 Å². The number of carbonyl (C=O) groups excluding carboxylic acids is 1. The van der Waals surface area contributed by atoms with Crippen LogP contribution in [0.2, 0.25) is 5.02 Å². The number of methoxy groups -OCH3 is 1. The van der Waals surface area contributed by atoms with Crippen molar-refractivity contribution in [1.29, 1.82) is 0 Å². The first kappa shape index (κ1) is 18.6. The van der Waals surface area contributed by atoms with Gasteiger partial charge >= 0.3 is 0 Å². The number of hydrogen-bond acceptors (Lipinski definition) is 5. The number of nitrogens with zero attached hydrogens (tertiary/aromatic N) is 3. The summed E-state index contributed by atoms with van der Waals surface area (Å²) in [6.45, 7) is 1.13. The van der Waals surface area contributed by atoms with Crippen molar-refractivity contribution in [3.63, 3.8) is 0 Å². The molecule has 0 saturated carbocycles. The van der Waals surface area contributed by atoms with Gasteiger partial charge in [0.2, 0.25) is 0 Å². The van der Waals surface area contributed by atoms with Crippen molar-refractivity contribution in [3.05, 3.63) is 65.2 Å². The molecule has 7 heteroatoms. The maximum atomic E-state index is 12.3. The molecule has 0 saturated heterocycles. The summed E-state index contributed by atoms with van der Waals surface area (Å²) < 4.78 is 7.17. The SMILES string of the molecule is COCCn1c(SCC(=O)c2ccccc2)nnc1-c1ccc(Cl)cc1. The van der Waals surface area contributed by atoms with Crippen molar-refractivity contribution in [3.8, 4) is 11.4 Å². The number of ketones is 1. The monoisotopic (exact) mass is 387 g/mol. The van der Waals surface area contributed by atoms with Crippen LogP contribution in [0.4, 0.5) is 0 Å². The molecule has 0 unspecified atom stereocenters. The summed E-state index contributed by atoms with van der Waals surface area (Å²) in [5, 5.41) is 9.93. The second-order valence-corrected chi connectivity index (χ2v) is 6.91. The average Bonchev–Trinajstić information content (AvgIpc) is 3.08. The van der Waals surface area contributed by atoms with Gasteiger partial charge in [-0.05, 0) is 24.3 Å². The average molecular weight is 388 g/mol. The number of aromatic nitrogens is 3. The molecule has 0 fully saturated rings. The first-order valence-corrected chi connectivity index (χ1v) is 9.44. The number of halogens is 1. The van der Waals surface area contributed by atoms with Crippen molar-refractivity contribution in [2.45, 2.75) is 11.7 Å². The van der Waals surface area contributed by atoms with Gasteiger partial charge in [-0.2, -0.15) is 0 Å². The molecule has 1 heterocycles. The van der Waals surface area contributed by atoms with Crippen LogP contribution in [-0.2, 0) is 11.3 Å². The molecule has 0 spiro atoms. The lowest BCUT2D eigenvalue weighted by atomic mass is 10.2. The summed E-state index contributed by atoms with van der Waals surface area (Å²) in [7, 11) is 1.65. The van der Waals surface area contributed by atoms with Crippen LogP contribution >= 0.6 is 23.4 Å². The number of Topliss-reactive ketones (excluding diaryl/α,β-unsaturated/α-hetero) is 1. The number of ether oxygens (including phenoxy) is 1.